The molecule has 1 heterocycles. The summed E-state index contributed by atoms with van der Waals surface area (Å²) in [5.41, 5.74) is 1.79. The zero-order valence-electron chi connectivity index (χ0n) is 9.84. The first-order valence-electron chi connectivity index (χ1n) is 5.67. The third-order valence-corrected chi connectivity index (χ3v) is 2.35. The van der Waals surface area contributed by atoms with Gasteiger partial charge in [-0.15, -0.1) is 0 Å². The summed E-state index contributed by atoms with van der Waals surface area (Å²) in [6.45, 7) is 0.877. The molecule has 0 bridgehead atoms. The Kier molecular flexibility index (Phi) is 4.24. The zero-order chi connectivity index (χ0) is 12.6. The maximum Gasteiger partial charge on any atom is 0.315 e. The number of hydrogen-bond donors (Lipinski definition) is 2. The van der Waals surface area contributed by atoms with Crippen LogP contribution in [0.25, 0.3) is 0 Å². The summed E-state index contributed by atoms with van der Waals surface area (Å²) >= 11 is 0. The molecule has 2 rings (SSSR count). The SMILES string of the molecule is O=C(NCc1ccccc1)NCc1cccnn1. The Morgan fingerprint density at radius 2 is 1.78 bits per heavy atom. The summed E-state index contributed by atoms with van der Waals surface area (Å²) in [7, 11) is 0. The Labute approximate surface area is 105 Å². The van der Waals surface area contributed by atoms with E-state index >= 15 is 0 Å². The quantitative estimate of drug-likeness (QED) is 0.853. The first kappa shape index (κ1) is 12.0. The van der Waals surface area contributed by atoms with E-state index in [9.17, 15) is 4.79 Å². The minimum atomic E-state index is -0.218. The van der Waals surface area contributed by atoms with Crippen LogP contribution < -0.4 is 10.6 Å². The second-order valence-electron chi connectivity index (χ2n) is 3.74. The summed E-state index contributed by atoms with van der Waals surface area (Å²) < 4.78 is 0. The minimum Gasteiger partial charge on any atom is -0.334 e. The van der Waals surface area contributed by atoms with Crippen molar-refractivity contribution in [3.8, 4) is 0 Å². The van der Waals surface area contributed by atoms with Gasteiger partial charge in [-0.25, -0.2) is 4.79 Å². The highest BCUT2D eigenvalue weighted by atomic mass is 16.2. The molecule has 0 fully saturated rings. The number of aromatic nitrogens is 2. The third-order valence-electron chi connectivity index (χ3n) is 2.35. The highest BCUT2D eigenvalue weighted by molar-refractivity contribution is 5.73. The molecule has 1 aromatic heterocycles. The van der Waals surface area contributed by atoms with Crippen LogP contribution >= 0.6 is 0 Å². The number of carbonyl (C=O) groups excluding carboxylic acids is 1. The Bertz CT molecular complexity index is 441. The highest BCUT2D eigenvalue weighted by Crippen LogP contribution is 1.97. The molecule has 2 N–H and O–H groups in total. The van der Waals surface area contributed by atoms with Crippen molar-refractivity contribution in [2.75, 3.05) is 0 Å². The van der Waals surface area contributed by atoms with Crippen molar-refractivity contribution in [1.29, 1.82) is 0 Å². The summed E-state index contributed by atoms with van der Waals surface area (Å²) in [6.07, 6.45) is 1.60. The van der Waals surface area contributed by atoms with E-state index in [4.69, 9.17) is 0 Å². The molecular formula is C13H14N4O. The fourth-order valence-electron chi connectivity index (χ4n) is 1.44. The molecule has 1 aromatic carbocycles. The third kappa shape index (κ3) is 3.86. The topological polar surface area (TPSA) is 66.9 Å². The van der Waals surface area contributed by atoms with Gasteiger partial charge in [0, 0.05) is 12.7 Å². The molecule has 18 heavy (non-hydrogen) atoms. The Hall–Kier alpha value is -2.43. The van der Waals surface area contributed by atoms with Crippen molar-refractivity contribution < 1.29 is 4.79 Å². The van der Waals surface area contributed by atoms with Gasteiger partial charge in [0.1, 0.15) is 0 Å². The maximum absolute atomic E-state index is 11.5. The molecule has 5 nitrogen and oxygen atoms in total. The molecule has 0 unspecified atom stereocenters. The van der Waals surface area contributed by atoms with Crippen LogP contribution in [0.5, 0.6) is 0 Å². The predicted octanol–water partition coefficient (Wildman–Crippen LogP) is 1.48. The molecule has 0 aliphatic carbocycles. The van der Waals surface area contributed by atoms with Gasteiger partial charge in [0.2, 0.25) is 0 Å². The second kappa shape index (κ2) is 6.34. The number of rotatable bonds is 4. The van der Waals surface area contributed by atoms with Gasteiger partial charge < -0.3 is 10.6 Å². The monoisotopic (exact) mass is 242 g/mol. The molecule has 2 aromatic rings. The number of hydrogen-bond acceptors (Lipinski definition) is 3. The first-order valence-corrected chi connectivity index (χ1v) is 5.67. The number of benzene rings is 1. The minimum absolute atomic E-state index is 0.218. The lowest BCUT2D eigenvalue weighted by molar-refractivity contribution is 0.240. The normalized spacial score (nSPS) is 9.78. The predicted molar refractivity (Wildman–Crippen MR) is 67.5 cm³/mol. The van der Waals surface area contributed by atoms with Crippen molar-refractivity contribution in [1.82, 2.24) is 20.8 Å². The van der Waals surface area contributed by atoms with Gasteiger partial charge in [-0.1, -0.05) is 30.3 Å². The summed E-state index contributed by atoms with van der Waals surface area (Å²) in [5.74, 6) is 0. The first-order chi connectivity index (χ1) is 8.84. The molecule has 5 heteroatoms. The fourth-order valence-corrected chi connectivity index (χ4v) is 1.44. The van der Waals surface area contributed by atoms with Gasteiger partial charge in [-0.2, -0.15) is 10.2 Å². The summed E-state index contributed by atoms with van der Waals surface area (Å²) in [6, 6.07) is 13.1. The smallest absolute Gasteiger partial charge is 0.315 e. The van der Waals surface area contributed by atoms with Crippen LogP contribution in [0.4, 0.5) is 4.79 Å². The van der Waals surface area contributed by atoms with Crippen molar-refractivity contribution in [3.63, 3.8) is 0 Å². The van der Waals surface area contributed by atoms with Gasteiger partial charge in [0.15, 0.2) is 0 Å². The van der Waals surface area contributed by atoms with Crippen molar-refractivity contribution >= 4 is 6.03 Å². The van der Waals surface area contributed by atoms with Crippen LogP contribution in [0.1, 0.15) is 11.3 Å². The van der Waals surface area contributed by atoms with E-state index in [1.54, 1.807) is 12.3 Å². The molecule has 0 saturated heterocycles. The molecule has 0 spiro atoms. The Morgan fingerprint density at radius 1 is 1.00 bits per heavy atom. The maximum atomic E-state index is 11.5. The molecular weight excluding hydrogens is 228 g/mol. The van der Waals surface area contributed by atoms with Crippen molar-refractivity contribution in [2.24, 2.45) is 0 Å². The van der Waals surface area contributed by atoms with Crippen LogP contribution in [-0.2, 0) is 13.1 Å². The molecule has 92 valence electrons. The van der Waals surface area contributed by atoms with E-state index in [1.165, 1.54) is 0 Å². The average molecular weight is 242 g/mol. The molecule has 0 aliphatic rings. The van der Waals surface area contributed by atoms with Crippen LogP contribution in [0.15, 0.2) is 48.7 Å². The van der Waals surface area contributed by atoms with Gasteiger partial charge in [0.05, 0.1) is 12.2 Å². The number of urea groups is 1. The lowest BCUT2D eigenvalue weighted by Crippen LogP contribution is -2.34. The van der Waals surface area contributed by atoms with Crippen LogP contribution in [0.3, 0.4) is 0 Å². The molecule has 0 radical (unpaired) electrons. The molecule has 0 aliphatic heterocycles. The Morgan fingerprint density at radius 3 is 2.50 bits per heavy atom. The van der Waals surface area contributed by atoms with E-state index in [1.807, 2.05) is 36.4 Å². The van der Waals surface area contributed by atoms with E-state index < -0.39 is 0 Å². The number of amides is 2. The van der Waals surface area contributed by atoms with E-state index in [0.717, 1.165) is 11.3 Å². The van der Waals surface area contributed by atoms with Gasteiger partial charge in [-0.3, -0.25) is 0 Å². The lowest BCUT2D eigenvalue weighted by Gasteiger charge is -2.06. The van der Waals surface area contributed by atoms with Crippen molar-refractivity contribution in [2.45, 2.75) is 13.1 Å². The van der Waals surface area contributed by atoms with Gasteiger partial charge in [0.25, 0.3) is 0 Å². The number of carbonyl (C=O) groups is 1. The fraction of sp³-hybridized carbons (Fsp3) is 0.154. The van der Waals surface area contributed by atoms with Gasteiger partial charge in [-0.05, 0) is 17.7 Å². The second-order valence-corrected chi connectivity index (χ2v) is 3.74. The molecule has 2 amide bonds. The molecule has 0 saturated carbocycles. The average Bonchev–Trinajstić information content (AvgIpc) is 2.45. The standard InChI is InChI=1S/C13H14N4O/c18-13(14-9-11-5-2-1-3-6-11)15-10-12-7-4-8-16-17-12/h1-8H,9-10H2,(H2,14,15,18). The van der Waals surface area contributed by atoms with Crippen LogP contribution in [0.2, 0.25) is 0 Å². The Balaban J connectivity index is 1.73. The van der Waals surface area contributed by atoms with Crippen LogP contribution in [0, 0.1) is 0 Å². The largest absolute Gasteiger partial charge is 0.334 e. The van der Waals surface area contributed by atoms with E-state index in [2.05, 4.69) is 20.8 Å². The van der Waals surface area contributed by atoms with E-state index in [0.29, 0.717) is 13.1 Å². The summed E-state index contributed by atoms with van der Waals surface area (Å²) in [4.78, 5) is 11.5. The molecule has 0 atom stereocenters. The van der Waals surface area contributed by atoms with Crippen molar-refractivity contribution in [3.05, 3.63) is 59.9 Å². The summed E-state index contributed by atoms with van der Waals surface area (Å²) in [5, 5.41) is 13.1. The van der Waals surface area contributed by atoms with Crippen LogP contribution in [-0.4, -0.2) is 16.2 Å². The zero-order valence-corrected chi connectivity index (χ0v) is 9.84. The van der Waals surface area contributed by atoms with E-state index in [-0.39, 0.29) is 6.03 Å². The highest BCUT2D eigenvalue weighted by Gasteiger charge is 2.00. The number of nitrogens with one attached hydrogen (secondary N) is 2. The lowest BCUT2D eigenvalue weighted by atomic mass is 10.2. The number of nitrogens with zero attached hydrogens (tertiary/aromatic N) is 2. The van der Waals surface area contributed by atoms with Gasteiger partial charge >= 0.3 is 6.03 Å².